The lowest BCUT2D eigenvalue weighted by atomic mass is 10.2. The van der Waals surface area contributed by atoms with Gasteiger partial charge in [0.1, 0.15) is 5.82 Å². The summed E-state index contributed by atoms with van der Waals surface area (Å²) in [4.78, 5) is 13.9. The molecule has 0 aliphatic rings. The van der Waals surface area contributed by atoms with Gasteiger partial charge in [-0.2, -0.15) is 0 Å². The van der Waals surface area contributed by atoms with Gasteiger partial charge in [-0.05, 0) is 30.3 Å². The molecule has 2 aromatic heterocycles. The van der Waals surface area contributed by atoms with Crippen molar-refractivity contribution in [3.63, 3.8) is 0 Å². The molecule has 0 bridgehead atoms. The van der Waals surface area contributed by atoms with Crippen LogP contribution in [0.3, 0.4) is 0 Å². The molecule has 2 heterocycles. The van der Waals surface area contributed by atoms with Crippen LogP contribution in [0, 0.1) is 5.82 Å². The molecule has 3 rings (SSSR count). The van der Waals surface area contributed by atoms with Crippen molar-refractivity contribution < 1.29 is 4.39 Å². The number of rotatable bonds is 1. The van der Waals surface area contributed by atoms with E-state index in [9.17, 15) is 9.18 Å². The van der Waals surface area contributed by atoms with Gasteiger partial charge < -0.3 is 9.55 Å². The molecular formula is C13H9FN2O. The van der Waals surface area contributed by atoms with Crippen LogP contribution >= 0.6 is 0 Å². The van der Waals surface area contributed by atoms with Gasteiger partial charge in [-0.15, -0.1) is 0 Å². The van der Waals surface area contributed by atoms with Crippen molar-refractivity contribution in [1.82, 2.24) is 9.55 Å². The van der Waals surface area contributed by atoms with Crippen LogP contribution in [-0.2, 0) is 0 Å². The van der Waals surface area contributed by atoms with Gasteiger partial charge in [0, 0.05) is 23.8 Å². The van der Waals surface area contributed by atoms with E-state index in [1.165, 1.54) is 12.1 Å². The Morgan fingerprint density at radius 3 is 2.65 bits per heavy atom. The third-order valence-electron chi connectivity index (χ3n) is 2.67. The highest BCUT2D eigenvalue weighted by Gasteiger charge is 2.06. The lowest BCUT2D eigenvalue weighted by molar-refractivity contribution is 0.620. The molecule has 3 aromatic rings. The Hall–Kier alpha value is -2.36. The summed E-state index contributed by atoms with van der Waals surface area (Å²) in [5.41, 5.74) is 0.856. The summed E-state index contributed by atoms with van der Waals surface area (Å²) in [6.45, 7) is 0. The van der Waals surface area contributed by atoms with Gasteiger partial charge in [-0.25, -0.2) is 4.39 Å². The summed E-state index contributed by atoms with van der Waals surface area (Å²) < 4.78 is 15.5. The normalized spacial score (nSPS) is 10.9. The lowest BCUT2D eigenvalue weighted by Gasteiger charge is -2.06. The molecule has 0 spiro atoms. The summed E-state index contributed by atoms with van der Waals surface area (Å²) in [6.07, 6.45) is 3.51. The zero-order valence-electron chi connectivity index (χ0n) is 8.85. The number of hydrogen-bond donors (Lipinski definition) is 1. The fourth-order valence-electron chi connectivity index (χ4n) is 1.86. The highest BCUT2D eigenvalue weighted by atomic mass is 19.1. The van der Waals surface area contributed by atoms with Crippen LogP contribution in [0.2, 0.25) is 0 Å². The standard InChI is InChI=1S/C13H9FN2O/c14-10-7-9-3-4-13(17)15-11(9)8-12(10)16-5-1-2-6-16/h1-8H,(H,15,17). The molecule has 4 heteroatoms. The zero-order chi connectivity index (χ0) is 11.8. The van der Waals surface area contributed by atoms with Gasteiger partial charge in [0.15, 0.2) is 0 Å². The van der Waals surface area contributed by atoms with Crippen molar-refractivity contribution in [2.45, 2.75) is 0 Å². The predicted octanol–water partition coefficient (Wildman–Crippen LogP) is 2.46. The van der Waals surface area contributed by atoms with Gasteiger partial charge in [-0.1, -0.05) is 0 Å². The zero-order valence-corrected chi connectivity index (χ0v) is 8.85. The largest absolute Gasteiger partial charge is 0.322 e. The Balaban J connectivity index is 2.33. The second kappa shape index (κ2) is 3.59. The van der Waals surface area contributed by atoms with E-state index in [2.05, 4.69) is 4.98 Å². The maximum absolute atomic E-state index is 13.9. The number of fused-ring (bicyclic) bond motifs is 1. The molecule has 0 unspecified atom stereocenters. The topological polar surface area (TPSA) is 37.8 Å². The third kappa shape index (κ3) is 1.63. The summed E-state index contributed by atoms with van der Waals surface area (Å²) in [5, 5.41) is 0.679. The van der Waals surface area contributed by atoms with Crippen LogP contribution in [0.15, 0.2) is 53.6 Å². The number of H-pyrrole nitrogens is 1. The molecule has 0 saturated heterocycles. The van der Waals surface area contributed by atoms with Gasteiger partial charge in [0.05, 0.1) is 11.2 Å². The van der Waals surface area contributed by atoms with E-state index in [4.69, 9.17) is 0 Å². The molecule has 84 valence electrons. The fourth-order valence-corrected chi connectivity index (χ4v) is 1.86. The van der Waals surface area contributed by atoms with Crippen LogP contribution in [0.5, 0.6) is 0 Å². The van der Waals surface area contributed by atoms with Crippen LogP contribution in [-0.4, -0.2) is 9.55 Å². The molecule has 0 aliphatic carbocycles. The van der Waals surface area contributed by atoms with Crippen LogP contribution in [0.1, 0.15) is 0 Å². The minimum atomic E-state index is -0.319. The predicted molar refractivity (Wildman–Crippen MR) is 63.9 cm³/mol. The smallest absolute Gasteiger partial charge is 0.248 e. The van der Waals surface area contributed by atoms with E-state index in [1.807, 2.05) is 12.1 Å². The summed E-state index contributed by atoms with van der Waals surface area (Å²) >= 11 is 0. The average molecular weight is 228 g/mol. The first kappa shape index (κ1) is 9.84. The van der Waals surface area contributed by atoms with E-state index in [0.29, 0.717) is 16.6 Å². The maximum atomic E-state index is 13.9. The minimum absolute atomic E-state index is 0.192. The van der Waals surface area contributed by atoms with Gasteiger partial charge in [-0.3, -0.25) is 4.79 Å². The molecule has 0 radical (unpaired) electrons. The number of aromatic nitrogens is 2. The first-order valence-corrected chi connectivity index (χ1v) is 5.20. The molecule has 0 fully saturated rings. The van der Waals surface area contributed by atoms with Crippen molar-refractivity contribution in [3.05, 3.63) is 65.0 Å². The van der Waals surface area contributed by atoms with Gasteiger partial charge in [0.25, 0.3) is 0 Å². The summed E-state index contributed by atoms with van der Waals surface area (Å²) in [5.74, 6) is -0.319. The SMILES string of the molecule is O=c1ccc2cc(F)c(-n3cccc3)cc2[nH]1. The lowest BCUT2D eigenvalue weighted by Crippen LogP contribution is -2.04. The molecule has 1 aromatic carbocycles. The third-order valence-corrected chi connectivity index (χ3v) is 2.67. The number of hydrogen-bond acceptors (Lipinski definition) is 1. The second-order valence-corrected chi connectivity index (χ2v) is 3.80. The number of nitrogens with one attached hydrogen (secondary N) is 1. The van der Waals surface area contributed by atoms with Gasteiger partial charge in [0.2, 0.25) is 5.56 Å². The average Bonchev–Trinajstić information content (AvgIpc) is 2.82. The Morgan fingerprint density at radius 1 is 1.12 bits per heavy atom. The quantitative estimate of drug-likeness (QED) is 0.682. The fraction of sp³-hybridized carbons (Fsp3) is 0. The molecule has 0 atom stereocenters. The van der Waals surface area contributed by atoms with Gasteiger partial charge >= 0.3 is 0 Å². The van der Waals surface area contributed by atoms with Crippen molar-refractivity contribution >= 4 is 10.9 Å². The van der Waals surface area contributed by atoms with E-state index in [-0.39, 0.29) is 11.4 Å². The molecule has 1 N–H and O–H groups in total. The first-order valence-electron chi connectivity index (χ1n) is 5.20. The Morgan fingerprint density at radius 2 is 1.88 bits per heavy atom. The summed E-state index contributed by atoms with van der Waals surface area (Å²) in [6, 6.07) is 9.68. The van der Waals surface area contributed by atoms with Crippen molar-refractivity contribution in [2.24, 2.45) is 0 Å². The van der Waals surface area contributed by atoms with E-state index < -0.39 is 0 Å². The number of nitrogens with zero attached hydrogens (tertiary/aromatic N) is 1. The van der Waals surface area contributed by atoms with E-state index in [0.717, 1.165) is 0 Å². The molecule has 0 aliphatic heterocycles. The Labute approximate surface area is 96.1 Å². The molecule has 17 heavy (non-hydrogen) atoms. The number of pyridine rings is 1. The van der Waals surface area contributed by atoms with Crippen molar-refractivity contribution in [3.8, 4) is 5.69 Å². The van der Waals surface area contributed by atoms with Crippen molar-refractivity contribution in [1.29, 1.82) is 0 Å². The number of halogens is 1. The van der Waals surface area contributed by atoms with Crippen LogP contribution < -0.4 is 5.56 Å². The molecule has 3 nitrogen and oxygen atoms in total. The second-order valence-electron chi connectivity index (χ2n) is 3.80. The Kier molecular flexibility index (Phi) is 2.08. The molecule has 0 saturated carbocycles. The van der Waals surface area contributed by atoms with Crippen molar-refractivity contribution in [2.75, 3.05) is 0 Å². The van der Waals surface area contributed by atoms with E-state index in [1.54, 1.807) is 29.1 Å². The first-order chi connectivity index (χ1) is 8.24. The number of benzene rings is 1. The van der Waals surface area contributed by atoms with Crippen LogP contribution in [0.25, 0.3) is 16.6 Å². The maximum Gasteiger partial charge on any atom is 0.248 e. The monoisotopic (exact) mass is 228 g/mol. The highest BCUT2D eigenvalue weighted by Crippen LogP contribution is 2.19. The highest BCUT2D eigenvalue weighted by molar-refractivity contribution is 5.80. The Bertz CT molecular complexity index is 729. The molecular weight excluding hydrogens is 219 g/mol. The molecule has 0 amide bonds. The summed E-state index contributed by atoms with van der Waals surface area (Å²) in [7, 11) is 0. The minimum Gasteiger partial charge on any atom is -0.322 e. The van der Waals surface area contributed by atoms with Crippen LogP contribution in [0.4, 0.5) is 4.39 Å². The van der Waals surface area contributed by atoms with E-state index >= 15 is 0 Å². The number of aromatic amines is 1.